The topological polar surface area (TPSA) is 49.2 Å². The molecule has 1 rings (SSSR count). The first-order chi connectivity index (χ1) is 7.33. The second-order valence-corrected chi connectivity index (χ2v) is 5.36. The highest BCUT2D eigenvalue weighted by Crippen LogP contribution is 2.18. The van der Waals surface area contributed by atoms with Crippen LogP contribution in [0.3, 0.4) is 0 Å². The normalized spacial score (nSPS) is 11.6. The fourth-order valence-corrected chi connectivity index (χ4v) is 1.60. The molecule has 0 aliphatic carbocycles. The summed E-state index contributed by atoms with van der Waals surface area (Å²) in [5.41, 5.74) is 1.84. The van der Waals surface area contributed by atoms with Gasteiger partial charge in [-0.05, 0) is 12.3 Å². The summed E-state index contributed by atoms with van der Waals surface area (Å²) in [5, 5.41) is 9.04. The largest absolute Gasteiger partial charge is 0.392 e. The number of rotatable bonds is 3. The first kappa shape index (κ1) is 12.9. The molecule has 1 heterocycles. The van der Waals surface area contributed by atoms with Crippen LogP contribution in [0.5, 0.6) is 0 Å². The molecule has 0 radical (unpaired) electrons. The zero-order valence-electron chi connectivity index (χ0n) is 10.8. The molecule has 0 amide bonds. The lowest BCUT2D eigenvalue weighted by molar-refractivity contribution is 0.280. The average Bonchev–Trinajstić information content (AvgIpc) is 2.15. The highest BCUT2D eigenvalue weighted by Gasteiger charge is 2.16. The minimum absolute atomic E-state index is 0.00486. The van der Waals surface area contributed by atoms with Crippen LogP contribution in [-0.4, -0.2) is 28.7 Å². The van der Waals surface area contributed by atoms with Crippen molar-refractivity contribution in [3.63, 3.8) is 0 Å². The molecular weight excluding hydrogens is 202 g/mol. The lowest BCUT2D eigenvalue weighted by Crippen LogP contribution is -2.30. The number of aliphatic hydroxyl groups excluding tert-OH is 1. The minimum atomic E-state index is -0.00486. The van der Waals surface area contributed by atoms with Gasteiger partial charge in [0, 0.05) is 31.0 Å². The smallest absolute Gasteiger partial charge is 0.225 e. The van der Waals surface area contributed by atoms with E-state index in [4.69, 9.17) is 5.11 Å². The molecule has 16 heavy (non-hydrogen) atoms. The molecule has 1 aromatic heterocycles. The first-order valence-electron chi connectivity index (χ1n) is 5.48. The lowest BCUT2D eigenvalue weighted by atomic mass is 9.96. The van der Waals surface area contributed by atoms with Crippen molar-refractivity contribution < 1.29 is 5.11 Å². The SMILES string of the molecule is Cc1nc(N(C)CC(C)(C)C)ncc1CO. The van der Waals surface area contributed by atoms with Crippen molar-refractivity contribution in [1.82, 2.24) is 9.97 Å². The molecule has 0 atom stereocenters. The maximum absolute atomic E-state index is 9.04. The molecular formula is C12H21N3O. The molecule has 0 aliphatic heterocycles. The van der Waals surface area contributed by atoms with Gasteiger partial charge in [0.15, 0.2) is 0 Å². The number of aryl methyl sites for hydroxylation is 1. The van der Waals surface area contributed by atoms with E-state index in [0.717, 1.165) is 17.8 Å². The molecule has 4 nitrogen and oxygen atoms in total. The summed E-state index contributed by atoms with van der Waals surface area (Å²) in [7, 11) is 1.98. The van der Waals surface area contributed by atoms with Gasteiger partial charge in [-0.15, -0.1) is 0 Å². The quantitative estimate of drug-likeness (QED) is 0.848. The Morgan fingerprint density at radius 2 is 2.00 bits per heavy atom. The Kier molecular flexibility index (Phi) is 3.86. The standard InChI is InChI=1S/C12H21N3O/c1-9-10(7-16)6-13-11(14-9)15(5)8-12(2,3)4/h6,16H,7-8H2,1-5H3. The summed E-state index contributed by atoms with van der Waals surface area (Å²) in [6, 6.07) is 0. The number of anilines is 1. The molecule has 0 fully saturated rings. The van der Waals surface area contributed by atoms with Gasteiger partial charge in [-0.25, -0.2) is 9.97 Å². The van der Waals surface area contributed by atoms with Gasteiger partial charge in [0.1, 0.15) is 0 Å². The third-order valence-corrected chi connectivity index (χ3v) is 2.29. The van der Waals surface area contributed by atoms with E-state index in [0.29, 0.717) is 5.95 Å². The van der Waals surface area contributed by atoms with Crippen molar-refractivity contribution in [1.29, 1.82) is 0 Å². The Morgan fingerprint density at radius 3 is 2.44 bits per heavy atom. The second-order valence-electron chi connectivity index (χ2n) is 5.36. The highest BCUT2D eigenvalue weighted by molar-refractivity contribution is 5.31. The van der Waals surface area contributed by atoms with Crippen molar-refractivity contribution in [2.75, 3.05) is 18.5 Å². The van der Waals surface area contributed by atoms with Crippen molar-refractivity contribution in [2.45, 2.75) is 34.3 Å². The maximum Gasteiger partial charge on any atom is 0.225 e. The minimum Gasteiger partial charge on any atom is -0.392 e. The number of aromatic nitrogens is 2. The molecule has 90 valence electrons. The van der Waals surface area contributed by atoms with Gasteiger partial charge in [-0.2, -0.15) is 0 Å². The Morgan fingerprint density at radius 1 is 1.38 bits per heavy atom. The van der Waals surface area contributed by atoms with E-state index in [1.807, 2.05) is 18.9 Å². The predicted molar refractivity (Wildman–Crippen MR) is 65.4 cm³/mol. The molecule has 0 saturated carbocycles. The van der Waals surface area contributed by atoms with Crippen LogP contribution >= 0.6 is 0 Å². The Balaban J connectivity index is 2.85. The summed E-state index contributed by atoms with van der Waals surface area (Å²) < 4.78 is 0. The summed E-state index contributed by atoms with van der Waals surface area (Å²) in [5.74, 6) is 0.713. The first-order valence-corrected chi connectivity index (χ1v) is 5.48. The fraction of sp³-hybridized carbons (Fsp3) is 0.667. The monoisotopic (exact) mass is 223 g/mol. The van der Waals surface area contributed by atoms with Crippen LogP contribution in [0.1, 0.15) is 32.0 Å². The van der Waals surface area contributed by atoms with E-state index < -0.39 is 0 Å². The lowest BCUT2D eigenvalue weighted by Gasteiger charge is -2.26. The molecule has 0 spiro atoms. The highest BCUT2D eigenvalue weighted by atomic mass is 16.3. The zero-order chi connectivity index (χ0) is 12.3. The van der Waals surface area contributed by atoms with Gasteiger partial charge in [-0.1, -0.05) is 20.8 Å². The molecule has 1 N–H and O–H groups in total. The van der Waals surface area contributed by atoms with E-state index >= 15 is 0 Å². The molecule has 0 aliphatic rings. The van der Waals surface area contributed by atoms with E-state index in [-0.39, 0.29) is 12.0 Å². The Labute approximate surface area is 97.3 Å². The molecule has 4 heteroatoms. The van der Waals surface area contributed by atoms with Gasteiger partial charge < -0.3 is 10.0 Å². The Hall–Kier alpha value is -1.16. The van der Waals surface area contributed by atoms with Gasteiger partial charge in [0.25, 0.3) is 0 Å². The van der Waals surface area contributed by atoms with Crippen LogP contribution < -0.4 is 4.90 Å². The average molecular weight is 223 g/mol. The molecule has 0 bridgehead atoms. The van der Waals surface area contributed by atoms with Gasteiger partial charge in [0.2, 0.25) is 5.95 Å². The summed E-state index contributed by atoms with van der Waals surface area (Å²) in [6.07, 6.45) is 1.69. The van der Waals surface area contributed by atoms with E-state index in [1.54, 1.807) is 6.20 Å². The molecule has 1 aromatic rings. The van der Waals surface area contributed by atoms with Gasteiger partial charge in [0.05, 0.1) is 6.61 Å². The summed E-state index contributed by atoms with van der Waals surface area (Å²) >= 11 is 0. The number of hydrogen-bond acceptors (Lipinski definition) is 4. The van der Waals surface area contributed by atoms with Crippen LogP contribution in [0.2, 0.25) is 0 Å². The summed E-state index contributed by atoms with van der Waals surface area (Å²) in [4.78, 5) is 10.7. The van der Waals surface area contributed by atoms with Gasteiger partial charge >= 0.3 is 0 Å². The van der Waals surface area contributed by atoms with Crippen LogP contribution in [-0.2, 0) is 6.61 Å². The van der Waals surface area contributed by atoms with Crippen LogP contribution in [0, 0.1) is 12.3 Å². The van der Waals surface area contributed by atoms with Crippen molar-refractivity contribution >= 4 is 5.95 Å². The summed E-state index contributed by atoms with van der Waals surface area (Å²) in [6.45, 7) is 9.32. The van der Waals surface area contributed by atoms with Crippen LogP contribution in [0.15, 0.2) is 6.20 Å². The maximum atomic E-state index is 9.04. The number of aliphatic hydroxyl groups is 1. The number of hydrogen-bond donors (Lipinski definition) is 1. The van der Waals surface area contributed by atoms with Crippen molar-refractivity contribution in [2.24, 2.45) is 5.41 Å². The van der Waals surface area contributed by atoms with Crippen molar-refractivity contribution in [3.8, 4) is 0 Å². The predicted octanol–water partition coefficient (Wildman–Crippen LogP) is 1.76. The van der Waals surface area contributed by atoms with Crippen LogP contribution in [0.4, 0.5) is 5.95 Å². The Bertz CT molecular complexity index is 358. The second kappa shape index (κ2) is 4.78. The van der Waals surface area contributed by atoms with Crippen LogP contribution in [0.25, 0.3) is 0 Å². The van der Waals surface area contributed by atoms with Gasteiger partial charge in [-0.3, -0.25) is 0 Å². The number of nitrogens with zero attached hydrogens (tertiary/aromatic N) is 3. The molecule has 0 aromatic carbocycles. The zero-order valence-corrected chi connectivity index (χ0v) is 10.8. The van der Waals surface area contributed by atoms with E-state index in [9.17, 15) is 0 Å². The third kappa shape index (κ3) is 3.45. The van der Waals surface area contributed by atoms with E-state index in [1.165, 1.54) is 0 Å². The van der Waals surface area contributed by atoms with E-state index in [2.05, 4.69) is 30.7 Å². The third-order valence-electron chi connectivity index (χ3n) is 2.29. The molecule has 0 unspecified atom stereocenters. The molecule has 0 saturated heterocycles. The fourth-order valence-electron chi connectivity index (χ4n) is 1.60. The van der Waals surface area contributed by atoms with Crippen molar-refractivity contribution in [3.05, 3.63) is 17.5 Å².